The second kappa shape index (κ2) is 26.2. The normalized spacial score (nSPS) is 36.3. The van der Waals surface area contributed by atoms with Gasteiger partial charge in [0.1, 0.15) is 54.9 Å². The number of hydrogen-bond acceptors (Lipinski definition) is 24. The van der Waals surface area contributed by atoms with E-state index in [0.717, 1.165) is 44.9 Å². The third-order valence-corrected chi connectivity index (χ3v) is 23.0. The van der Waals surface area contributed by atoms with Gasteiger partial charge in [-0.05, 0) is 139 Å². The number of rotatable bonds is 21. The predicted octanol–water partition coefficient (Wildman–Crippen LogP) is 6.86. The Labute approximate surface area is 531 Å². The lowest BCUT2D eigenvalue weighted by molar-refractivity contribution is -0.181. The number of hydrogen-bond donors (Lipinski definition) is 0. The first-order valence-corrected chi connectivity index (χ1v) is 32.9. The zero-order valence-electron chi connectivity index (χ0n) is 55.2. The molecule has 0 aromatic carbocycles. The van der Waals surface area contributed by atoms with Crippen molar-refractivity contribution in [1.82, 2.24) is 0 Å². The lowest BCUT2D eigenvalue weighted by Gasteiger charge is -2.34. The third-order valence-electron chi connectivity index (χ3n) is 23.0. The molecule has 0 aromatic rings. The zero-order valence-corrected chi connectivity index (χ0v) is 55.2. The van der Waals surface area contributed by atoms with E-state index in [1.54, 1.807) is 41.5 Å². The van der Waals surface area contributed by atoms with Crippen molar-refractivity contribution >= 4 is 71.6 Å². The first kappa shape index (κ1) is 69.0. The van der Waals surface area contributed by atoms with Crippen molar-refractivity contribution in [3.63, 3.8) is 0 Å². The Morgan fingerprint density at radius 2 is 0.835 bits per heavy atom. The van der Waals surface area contributed by atoms with Gasteiger partial charge in [-0.25, -0.2) is 14.4 Å². The van der Waals surface area contributed by atoms with Crippen molar-refractivity contribution in [2.45, 2.75) is 222 Å². The van der Waals surface area contributed by atoms with Gasteiger partial charge in [0.15, 0.2) is 19.8 Å². The Morgan fingerprint density at radius 1 is 0.440 bits per heavy atom. The van der Waals surface area contributed by atoms with Crippen LogP contribution in [-0.2, 0) is 114 Å². The smallest absolute Gasteiger partial charge is 0.344 e. The molecule has 4 aliphatic heterocycles. The quantitative estimate of drug-likeness (QED) is 0.0836. The topological polar surface area (TPSA) is 316 Å². The number of ether oxygens (including phenoxy) is 12. The van der Waals surface area contributed by atoms with Gasteiger partial charge in [-0.1, -0.05) is 34.6 Å². The van der Waals surface area contributed by atoms with Gasteiger partial charge in [-0.15, -0.1) is 0 Å². The minimum absolute atomic E-state index is 0.00636. The molecule has 24 nitrogen and oxygen atoms in total. The van der Waals surface area contributed by atoms with E-state index in [9.17, 15) is 57.5 Å². The van der Waals surface area contributed by atoms with Crippen LogP contribution in [0.4, 0.5) is 0 Å². The molecule has 21 unspecified atom stereocenters. The third kappa shape index (κ3) is 13.4. The van der Waals surface area contributed by atoms with E-state index >= 15 is 0 Å². The van der Waals surface area contributed by atoms with Crippen molar-refractivity contribution in [2.24, 2.45) is 98.6 Å². The van der Waals surface area contributed by atoms with E-state index < -0.39 is 94.5 Å². The van der Waals surface area contributed by atoms with Gasteiger partial charge < -0.3 is 56.8 Å². The predicted molar refractivity (Wildman–Crippen MR) is 312 cm³/mol. The molecule has 8 aliphatic carbocycles. The van der Waals surface area contributed by atoms with Crippen molar-refractivity contribution in [3.8, 4) is 0 Å². The molecule has 4 saturated heterocycles. The van der Waals surface area contributed by atoms with Crippen LogP contribution in [0.15, 0.2) is 0 Å². The summed E-state index contributed by atoms with van der Waals surface area (Å²) in [6, 6.07) is 0. The summed E-state index contributed by atoms with van der Waals surface area (Å²) >= 11 is 0. The molecular formula is C67H94O24. The highest BCUT2D eigenvalue weighted by molar-refractivity contribution is 5.83. The van der Waals surface area contributed by atoms with Gasteiger partial charge in [-0.2, -0.15) is 0 Å². The average Bonchev–Trinajstić information content (AvgIpc) is 1.58. The highest BCUT2D eigenvalue weighted by atomic mass is 16.6. The van der Waals surface area contributed by atoms with Crippen LogP contribution in [0.25, 0.3) is 0 Å². The molecule has 8 bridgehead atoms. The molecule has 8 saturated carbocycles. The highest BCUT2D eigenvalue weighted by Gasteiger charge is 2.71. The summed E-state index contributed by atoms with van der Waals surface area (Å²) in [7, 11) is 0. The average molecular weight is 1280 g/mol. The molecule has 21 atom stereocenters. The molecule has 12 rings (SSSR count). The van der Waals surface area contributed by atoms with E-state index in [1.807, 2.05) is 55.4 Å². The fraction of sp³-hybridized carbons (Fsp3) is 0.821. The fourth-order valence-corrected chi connectivity index (χ4v) is 15.9. The standard InChI is InChI=1S/3C17H24O6.C16H22O6/c1-5-16(2,3)15(20)21-8-12(18)22-13-9-6-10-11(7-9)17(13,4)23-14(10)19;1-5-17(3,4)16(20)21-7-11(18)22-13-9-6-10-12(8(9)2)15(19)23-14(10)13;1-4-17(2,3)16(20)21-6-5-12(18)22-13-9-7-10-11(8-9)15(19)23-14(10)13;1-4-16(2,3)15(19)20-7-11(17)21-12-8-5-9-10(6-8)14(18)22-13(9)12/h9-11,13H,5-8H2,1-4H3;8-10,12-14H,5-7H2,1-4H3;9-11,13-14H,4-8H2,1-3H3;8-10,12-13H,4-7H2,1-3H3. The lowest BCUT2D eigenvalue weighted by atomic mass is 9.79. The van der Waals surface area contributed by atoms with Crippen molar-refractivity contribution in [1.29, 1.82) is 0 Å². The van der Waals surface area contributed by atoms with E-state index in [4.69, 9.17) is 56.8 Å². The maximum Gasteiger partial charge on any atom is 0.344 e. The largest absolute Gasteiger partial charge is 0.465 e. The molecular weight excluding hydrogens is 1190 g/mol. The summed E-state index contributed by atoms with van der Waals surface area (Å²) in [5.74, 6) is -2.75. The van der Waals surface area contributed by atoms with E-state index in [-0.39, 0.29) is 157 Å². The number of carbonyl (C=O) groups excluding carboxylic acids is 12. The molecule has 0 aromatic heterocycles. The Balaban J connectivity index is 0.000000144. The van der Waals surface area contributed by atoms with Crippen LogP contribution in [0.2, 0.25) is 0 Å². The van der Waals surface area contributed by atoms with Crippen molar-refractivity contribution in [2.75, 3.05) is 26.4 Å². The minimum Gasteiger partial charge on any atom is -0.465 e. The second-order valence-electron chi connectivity index (χ2n) is 30.0. The van der Waals surface area contributed by atoms with Gasteiger partial charge in [-0.3, -0.25) is 43.2 Å². The summed E-state index contributed by atoms with van der Waals surface area (Å²) in [4.78, 5) is 142. The summed E-state index contributed by atoms with van der Waals surface area (Å²) in [5.41, 5.74) is -3.10. The first-order valence-electron chi connectivity index (χ1n) is 32.9. The Kier molecular flexibility index (Phi) is 19.9. The maximum atomic E-state index is 12.1. The summed E-state index contributed by atoms with van der Waals surface area (Å²) in [6.07, 6.45) is 5.90. The molecule has 12 aliphatic rings. The molecule has 0 spiro atoms. The second-order valence-corrected chi connectivity index (χ2v) is 30.0. The zero-order chi connectivity index (χ0) is 66.8. The molecule has 4 heterocycles. The first-order chi connectivity index (χ1) is 42.6. The van der Waals surface area contributed by atoms with Crippen LogP contribution in [0, 0.1) is 98.6 Å². The summed E-state index contributed by atoms with van der Waals surface area (Å²) in [5, 5.41) is 0. The van der Waals surface area contributed by atoms with Gasteiger partial charge in [0.05, 0.1) is 51.8 Å². The van der Waals surface area contributed by atoms with Crippen LogP contribution in [0.5, 0.6) is 0 Å². The van der Waals surface area contributed by atoms with Crippen LogP contribution in [0.3, 0.4) is 0 Å². The molecule has 12 fully saturated rings. The SMILES string of the molecule is CCC(C)(C)C(=O)OCC(=O)OC1C2CC3C(=O)OC1(C)C3C2.CCC(C)(C)C(=O)OCC(=O)OC1C2CC3C(=O)OC1C3C2.CCC(C)(C)C(=O)OCC(=O)OC1C2CC3C1OC(=O)C3C2C.CCC(C)(C)C(=O)OCCC(=O)OC1C2CC3C(=O)OC1C3C2. The molecule has 0 amide bonds. The van der Waals surface area contributed by atoms with Gasteiger partial charge in [0.2, 0.25) is 0 Å². The molecule has 0 N–H and O–H groups in total. The van der Waals surface area contributed by atoms with Gasteiger partial charge in [0, 0.05) is 47.3 Å². The van der Waals surface area contributed by atoms with Crippen LogP contribution >= 0.6 is 0 Å². The van der Waals surface area contributed by atoms with Crippen molar-refractivity contribution in [3.05, 3.63) is 0 Å². The van der Waals surface area contributed by atoms with Crippen LogP contribution in [0.1, 0.15) is 174 Å². The molecule has 0 radical (unpaired) electrons. The van der Waals surface area contributed by atoms with E-state index in [2.05, 4.69) is 0 Å². The van der Waals surface area contributed by atoms with Crippen molar-refractivity contribution < 1.29 is 114 Å². The highest BCUT2D eigenvalue weighted by Crippen LogP contribution is 2.62. The van der Waals surface area contributed by atoms with Crippen LogP contribution < -0.4 is 0 Å². The maximum absolute atomic E-state index is 12.1. The molecule has 91 heavy (non-hydrogen) atoms. The number of fused-ring (bicyclic) bond motifs is 4. The Bertz CT molecular complexity index is 2890. The lowest BCUT2D eigenvalue weighted by Crippen LogP contribution is -2.46. The number of carbonyl (C=O) groups is 12. The number of esters is 12. The van der Waals surface area contributed by atoms with Gasteiger partial charge in [0.25, 0.3) is 0 Å². The summed E-state index contributed by atoms with van der Waals surface area (Å²) < 4.78 is 63.8. The van der Waals surface area contributed by atoms with Crippen LogP contribution in [-0.4, -0.2) is 146 Å². The molecule has 24 heteroatoms. The van der Waals surface area contributed by atoms with E-state index in [0.29, 0.717) is 25.7 Å². The van der Waals surface area contributed by atoms with E-state index in [1.165, 1.54) is 0 Å². The Hall–Kier alpha value is -6.36. The summed E-state index contributed by atoms with van der Waals surface area (Å²) in [6.45, 7) is 24.6. The Morgan fingerprint density at radius 3 is 1.30 bits per heavy atom. The fourth-order valence-electron chi connectivity index (χ4n) is 15.9. The molecule has 506 valence electrons. The monoisotopic (exact) mass is 1280 g/mol. The minimum atomic E-state index is -0.715. The van der Waals surface area contributed by atoms with Gasteiger partial charge >= 0.3 is 71.6 Å².